The van der Waals surface area contributed by atoms with Crippen LogP contribution in [-0.4, -0.2) is 53.8 Å². The van der Waals surface area contributed by atoms with Gasteiger partial charge in [0.25, 0.3) is 5.91 Å². The van der Waals surface area contributed by atoms with Crippen LogP contribution in [0.4, 0.5) is 14.9 Å². The summed E-state index contributed by atoms with van der Waals surface area (Å²) >= 11 is 1.43. The molecule has 0 bridgehead atoms. The topological polar surface area (TPSA) is 125 Å². The van der Waals surface area contributed by atoms with Crippen LogP contribution in [0.2, 0.25) is 0 Å². The second-order valence-corrected chi connectivity index (χ2v) is 10.4. The van der Waals surface area contributed by atoms with E-state index in [0.717, 1.165) is 15.8 Å². The van der Waals surface area contributed by atoms with Crippen molar-refractivity contribution in [2.24, 2.45) is 0 Å². The van der Waals surface area contributed by atoms with Crippen molar-refractivity contribution in [1.82, 2.24) is 20.3 Å². The summed E-state index contributed by atoms with van der Waals surface area (Å²) in [6.07, 6.45) is 0.660. The molecular formula is C29H24FN5O5S. The lowest BCUT2D eigenvalue weighted by Gasteiger charge is -2.12. The van der Waals surface area contributed by atoms with Crippen molar-refractivity contribution in [3.63, 3.8) is 0 Å². The maximum atomic E-state index is 15.1. The number of methoxy groups -OCH3 is 1. The monoisotopic (exact) mass is 573 g/mol. The molecule has 5 aromatic rings. The number of carbonyl (C=O) groups is 2. The molecule has 12 heteroatoms. The molecule has 2 aromatic heterocycles. The van der Waals surface area contributed by atoms with Crippen LogP contribution >= 0.6 is 11.3 Å². The number of hydrogen-bond acceptors (Lipinski definition) is 9. The van der Waals surface area contributed by atoms with Gasteiger partial charge >= 0.3 is 6.09 Å². The van der Waals surface area contributed by atoms with Gasteiger partial charge in [0.15, 0.2) is 11.6 Å². The summed E-state index contributed by atoms with van der Waals surface area (Å²) in [5, 5.41) is 5.83. The number of hydrogen-bond donors (Lipinski definition) is 2. The predicted octanol–water partition coefficient (Wildman–Crippen LogP) is 5.27. The molecule has 6 rings (SSSR count). The van der Waals surface area contributed by atoms with Gasteiger partial charge in [0.2, 0.25) is 5.88 Å². The molecule has 41 heavy (non-hydrogen) atoms. The number of carbonyl (C=O) groups excluding carboxylic acids is 2. The second kappa shape index (κ2) is 10.6. The van der Waals surface area contributed by atoms with Crippen molar-refractivity contribution in [2.75, 3.05) is 26.1 Å². The summed E-state index contributed by atoms with van der Waals surface area (Å²) < 4.78 is 32.3. The van der Waals surface area contributed by atoms with Crippen LogP contribution in [0.5, 0.6) is 11.6 Å². The van der Waals surface area contributed by atoms with Crippen molar-refractivity contribution in [2.45, 2.75) is 19.4 Å². The summed E-state index contributed by atoms with van der Waals surface area (Å²) in [5.41, 5.74) is 5.26. The van der Waals surface area contributed by atoms with Crippen LogP contribution in [0.3, 0.4) is 0 Å². The largest absolute Gasteiger partial charge is 0.483 e. The number of benzene rings is 3. The molecule has 208 valence electrons. The standard InChI is InChI=1S/C29H24FN5O5S/c1-14-8-18(24-21(9-14)34-23(38-3)12-32-24)28-35-22-11-20(30)25-19(26(22)41-28)10-17(40-25)13-39-29(37)33-16-6-4-15(5-7-16)27(36)31-2/h4-9,11-12,17H,10,13H2,1-3H3,(H,31,36)(H,33,37). The number of halogens is 1. The van der Waals surface area contributed by atoms with Gasteiger partial charge in [-0.15, -0.1) is 11.3 Å². The van der Waals surface area contributed by atoms with Gasteiger partial charge in [-0.25, -0.2) is 24.1 Å². The Morgan fingerprint density at radius 3 is 2.71 bits per heavy atom. The zero-order valence-electron chi connectivity index (χ0n) is 22.3. The molecule has 0 spiro atoms. The highest BCUT2D eigenvalue weighted by molar-refractivity contribution is 7.22. The normalized spacial score (nSPS) is 14.0. The Hall–Kier alpha value is -4.84. The van der Waals surface area contributed by atoms with E-state index in [1.807, 2.05) is 19.1 Å². The van der Waals surface area contributed by atoms with E-state index in [-0.39, 0.29) is 18.3 Å². The lowest BCUT2D eigenvalue weighted by atomic mass is 10.1. The van der Waals surface area contributed by atoms with Gasteiger partial charge in [0.05, 0.1) is 34.6 Å². The molecule has 2 amide bonds. The van der Waals surface area contributed by atoms with Gasteiger partial charge in [-0.3, -0.25) is 10.1 Å². The smallest absolute Gasteiger partial charge is 0.411 e. The van der Waals surface area contributed by atoms with E-state index in [2.05, 4.69) is 20.6 Å². The third kappa shape index (κ3) is 5.09. The number of nitrogens with one attached hydrogen (secondary N) is 2. The maximum absolute atomic E-state index is 15.1. The summed E-state index contributed by atoms with van der Waals surface area (Å²) in [4.78, 5) is 37.8. The van der Waals surface area contributed by atoms with Crippen LogP contribution in [0.25, 0.3) is 31.8 Å². The Morgan fingerprint density at radius 2 is 1.95 bits per heavy atom. The first kappa shape index (κ1) is 26.4. The van der Waals surface area contributed by atoms with Crippen molar-refractivity contribution in [3.05, 3.63) is 71.2 Å². The van der Waals surface area contributed by atoms with Crippen LogP contribution in [-0.2, 0) is 11.2 Å². The summed E-state index contributed by atoms with van der Waals surface area (Å²) in [6.45, 7) is 1.88. The Balaban J connectivity index is 1.20. The molecule has 0 saturated carbocycles. The van der Waals surface area contributed by atoms with Gasteiger partial charge < -0.3 is 19.5 Å². The molecule has 0 fully saturated rings. The molecule has 10 nitrogen and oxygen atoms in total. The molecule has 0 radical (unpaired) electrons. The van der Waals surface area contributed by atoms with Gasteiger partial charge in [-0.2, -0.15) is 0 Å². The highest BCUT2D eigenvalue weighted by Gasteiger charge is 2.31. The predicted molar refractivity (Wildman–Crippen MR) is 152 cm³/mol. The summed E-state index contributed by atoms with van der Waals surface area (Å²) in [6, 6.07) is 11.6. The van der Waals surface area contributed by atoms with E-state index in [1.165, 1.54) is 24.5 Å². The first-order valence-electron chi connectivity index (χ1n) is 12.7. The molecular weight excluding hydrogens is 549 g/mol. The second-order valence-electron chi connectivity index (χ2n) is 9.45. The number of aryl methyl sites for hydroxylation is 1. The van der Waals surface area contributed by atoms with Crippen molar-refractivity contribution >= 4 is 50.3 Å². The zero-order chi connectivity index (χ0) is 28.7. The summed E-state index contributed by atoms with van der Waals surface area (Å²) in [5.74, 6) is -0.194. The highest BCUT2D eigenvalue weighted by Crippen LogP contribution is 2.43. The van der Waals surface area contributed by atoms with E-state index in [1.54, 1.807) is 37.5 Å². The Morgan fingerprint density at radius 1 is 1.15 bits per heavy atom. The zero-order valence-corrected chi connectivity index (χ0v) is 23.1. The lowest BCUT2D eigenvalue weighted by molar-refractivity contribution is 0.0963. The van der Waals surface area contributed by atoms with E-state index in [9.17, 15) is 9.59 Å². The van der Waals surface area contributed by atoms with Crippen LogP contribution < -0.4 is 20.1 Å². The van der Waals surface area contributed by atoms with Gasteiger partial charge in [0, 0.05) is 41.9 Å². The van der Waals surface area contributed by atoms with Crippen molar-refractivity contribution in [1.29, 1.82) is 0 Å². The molecule has 0 aliphatic carbocycles. The SMILES string of the molecule is CNC(=O)c1ccc(NC(=O)OCC2Cc3c(c(F)cc4nc(-c5cc(C)cc6nc(OC)cnc56)sc34)O2)cc1. The Bertz CT molecular complexity index is 1830. The lowest BCUT2D eigenvalue weighted by Crippen LogP contribution is -2.25. The van der Waals surface area contributed by atoms with E-state index < -0.39 is 18.0 Å². The third-order valence-corrected chi connectivity index (χ3v) is 7.79. The van der Waals surface area contributed by atoms with Gasteiger partial charge in [-0.05, 0) is 48.9 Å². The minimum Gasteiger partial charge on any atom is -0.483 e. The maximum Gasteiger partial charge on any atom is 0.411 e. The summed E-state index contributed by atoms with van der Waals surface area (Å²) in [7, 11) is 3.08. The van der Waals surface area contributed by atoms with E-state index >= 15 is 4.39 Å². The number of thiazole rings is 1. The van der Waals surface area contributed by atoms with E-state index in [0.29, 0.717) is 50.7 Å². The average molecular weight is 574 g/mol. The number of anilines is 1. The fourth-order valence-electron chi connectivity index (χ4n) is 4.72. The number of ether oxygens (including phenoxy) is 3. The Labute approximate surface area is 237 Å². The van der Waals surface area contributed by atoms with Crippen molar-refractivity contribution < 1.29 is 28.2 Å². The molecule has 2 N–H and O–H groups in total. The van der Waals surface area contributed by atoms with Gasteiger partial charge in [-0.1, -0.05) is 0 Å². The minimum atomic E-state index is -0.688. The molecule has 0 saturated heterocycles. The van der Waals surface area contributed by atoms with Crippen molar-refractivity contribution in [3.8, 4) is 22.2 Å². The quantitative estimate of drug-likeness (QED) is 0.281. The number of rotatable bonds is 6. The average Bonchev–Trinajstić information content (AvgIpc) is 3.60. The fourth-order valence-corrected chi connectivity index (χ4v) is 5.83. The number of fused-ring (bicyclic) bond motifs is 4. The Kier molecular flexibility index (Phi) is 6.83. The number of amides is 2. The van der Waals surface area contributed by atoms with Gasteiger partial charge in [0.1, 0.15) is 17.7 Å². The number of aromatic nitrogens is 3. The molecule has 1 unspecified atom stereocenters. The minimum absolute atomic E-state index is 0.0800. The molecule has 1 atom stereocenters. The van der Waals surface area contributed by atoms with Crippen LogP contribution in [0.1, 0.15) is 21.5 Å². The first-order chi connectivity index (χ1) is 19.8. The molecule has 3 aromatic carbocycles. The molecule has 1 aliphatic rings. The van der Waals surface area contributed by atoms with Crippen LogP contribution in [0, 0.1) is 12.7 Å². The highest BCUT2D eigenvalue weighted by atomic mass is 32.1. The molecule has 1 aliphatic heterocycles. The molecule has 3 heterocycles. The number of nitrogens with zero attached hydrogens (tertiary/aromatic N) is 3. The first-order valence-corrected chi connectivity index (χ1v) is 13.5. The third-order valence-electron chi connectivity index (χ3n) is 6.63. The fraction of sp³-hybridized carbons (Fsp3) is 0.207. The van der Waals surface area contributed by atoms with E-state index in [4.69, 9.17) is 19.2 Å². The van der Waals surface area contributed by atoms with Crippen LogP contribution in [0.15, 0.2) is 48.7 Å².